The first-order valence-corrected chi connectivity index (χ1v) is 7.98. The number of hydrogen-bond donors (Lipinski definition) is 3. The number of amides is 1. The van der Waals surface area contributed by atoms with Crippen LogP contribution in [0.25, 0.3) is 11.3 Å². The number of nitro groups is 1. The maximum absolute atomic E-state index is 12.2. The Kier molecular flexibility index (Phi) is 5.30. The molecule has 0 aliphatic rings. The predicted octanol–water partition coefficient (Wildman–Crippen LogP) is 2.46. The number of rotatable bonds is 6. The smallest absolute Gasteiger partial charge is 0.289 e. The van der Waals surface area contributed by atoms with Crippen LogP contribution in [0.15, 0.2) is 53.6 Å². The first-order valence-electron chi connectivity index (χ1n) is 7.98. The molecule has 3 N–H and O–H groups in total. The van der Waals surface area contributed by atoms with Crippen LogP contribution < -0.4 is 10.2 Å². The molecule has 10 heteroatoms. The minimum absolute atomic E-state index is 0.00479. The number of benzene rings is 2. The van der Waals surface area contributed by atoms with E-state index in [1.165, 1.54) is 43.7 Å². The molecule has 0 aliphatic carbocycles. The van der Waals surface area contributed by atoms with Gasteiger partial charge in [-0.25, -0.2) is 5.43 Å². The first-order chi connectivity index (χ1) is 13.5. The highest BCUT2D eigenvalue weighted by atomic mass is 16.6. The Morgan fingerprint density at radius 1 is 1.32 bits per heavy atom. The number of phenolic OH excluding ortho intramolecular Hbond substituents is 1. The SMILES string of the molecule is COc1cc(/C=N\NC(=O)c2cc(-c3cccc([N+](=O)[O-])c3)n[nH]2)ccc1O. The predicted molar refractivity (Wildman–Crippen MR) is 100 cm³/mol. The first kappa shape index (κ1) is 18.6. The molecule has 28 heavy (non-hydrogen) atoms. The topological polar surface area (TPSA) is 143 Å². The molecule has 1 amide bonds. The van der Waals surface area contributed by atoms with Crippen LogP contribution >= 0.6 is 0 Å². The molecule has 0 unspecified atom stereocenters. The second-order valence-corrected chi connectivity index (χ2v) is 5.60. The van der Waals surface area contributed by atoms with Gasteiger partial charge in [-0.3, -0.25) is 20.0 Å². The Hall–Kier alpha value is -4.21. The molecular formula is C18H15N5O5. The number of hydrogen-bond acceptors (Lipinski definition) is 7. The lowest BCUT2D eigenvalue weighted by molar-refractivity contribution is -0.384. The Morgan fingerprint density at radius 3 is 2.89 bits per heavy atom. The van der Waals surface area contributed by atoms with E-state index in [0.717, 1.165) is 0 Å². The van der Waals surface area contributed by atoms with Crippen molar-refractivity contribution in [3.63, 3.8) is 0 Å². The van der Waals surface area contributed by atoms with Crippen molar-refractivity contribution in [2.45, 2.75) is 0 Å². The van der Waals surface area contributed by atoms with Crippen LogP contribution in [-0.2, 0) is 0 Å². The zero-order valence-electron chi connectivity index (χ0n) is 14.6. The van der Waals surface area contributed by atoms with Gasteiger partial charge in [0.2, 0.25) is 0 Å². The van der Waals surface area contributed by atoms with Gasteiger partial charge in [-0.2, -0.15) is 10.2 Å². The summed E-state index contributed by atoms with van der Waals surface area (Å²) in [7, 11) is 1.43. The molecule has 0 atom stereocenters. The Labute approximate surface area is 158 Å². The third kappa shape index (κ3) is 4.12. The maximum atomic E-state index is 12.2. The number of aromatic hydroxyl groups is 1. The van der Waals surface area contributed by atoms with Gasteiger partial charge in [0, 0.05) is 17.7 Å². The third-order valence-corrected chi connectivity index (χ3v) is 3.76. The summed E-state index contributed by atoms with van der Waals surface area (Å²) < 4.78 is 5.00. The second-order valence-electron chi connectivity index (χ2n) is 5.60. The fourth-order valence-corrected chi connectivity index (χ4v) is 2.36. The normalized spacial score (nSPS) is 10.8. The lowest BCUT2D eigenvalue weighted by Crippen LogP contribution is -2.18. The average molecular weight is 381 g/mol. The van der Waals surface area contributed by atoms with Crippen molar-refractivity contribution in [2.75, 3.05) is 7.11 Å². The van der Waals surface area contributed by atoms with Gasteiger partial charge in [0.15, 0.2) is 11.5 Å². The number of nitro benzene ring substituents is 1. The van der Waals surface area contributed by atoms with E-state index in [1.54, 1.807) is 18.2 Å². The van der Waals surface area contributed by atoms with Crippen molar-refractivity contribution in [2.24, 2.45) is 5.10 Å². The van der Waals surface area contributed by atoms with Crippen molar-refractivity contribution in [1.82, 2.24) is 15.6 Å². The number of H-pyrrole nitrogens is 1. The zero-order valence-corrected chi connectivity index (χ0v) is 14.6. The fraction of sp³-hybridized carbons (Fsp3) is 0.0556. The Bertz CT molecular complexity index is 1060. The molecule has 0 bridgehead atoms. The van der Waals surface area contributed by atoms with E-state index >= 15 is 0 Å². The van der Waals surface area contributed by atoms with Gasteiger partial charge in [-0.15, -0.1) is 0 Å². The lowest BCUT2D eigenvalue weighted by Gasteiger charge is -2.03. The van der Waals surface area contributed by atoms with E-state index in [-0.39, 0.29) is 22.9 Å². The summed E-state index contributed by atoms with van der Waals surface area (Å²) in [5.41, 5.74) is 3.92. The quantitative estimate of drug-likeness (QED) is 0.340. The van der Waals surface area contributed by atoms with E-state index in [9.17, 15) is 20.0 Å². The Morgan fingerprint density at radius 2 is 2.14 bits per heavy atom. The summed E-state index contributed by atoms with van der Waals surface area (Å²) in [4.78, 5) is 22.5. The van der Waals surface area contributed by atoms with Crippen LogP contribution in [0.5, 0.6) is 11.5 Å². The van der Waals surface area contributed by atoms with Gasteiger partial charge in [0.25, 0.3) is 11.6 Å². The number of non-ortho nitro benzene ring substituents is 1. The molecule has 1 aromatic heterocycles. The molecule has 0 saturated carbocycles. The number of methoxy groups -OCH3 is 1. The lowest BCUT2D eigenvalue weighted by atomic mass is 10.1. The highest BCUT2D eigenvalue weighted by molar-refractivity contribution is 5.94. The number of carbonyl (C=O) groups is 1. The average Bonchev–Trinajstić information content (AvgIpc) is 3.19. The molecule has 0 radical (unpaired) electrons. The van der Waals surface area contributed by atoms with Crippen LogP contribution in [-0.4, -0.2) is 39.5 Å². The summed E-state index contributed by atoms with van der Waals surface area (Å²) in [5.74, 6) is -0.258. The molecular weight excluding hydrogens is 366 g/mol. The number of hydrazone groups is 1. The summed E-state index contributed by atoms with van der Waals surface area (Å²) in [6.45, 7) is 0. The molecule has 3 rings (SSSR count). The van der Waals surface area contributed by atoms with Gasteiger partial charge in [0.05, 0.1) is 23.9 Å². The molecule has 3 aromatic rings. The largest absolute Gasteiger partial charge is 0.504 e. The van der Waals surface area contributed by atoms with E-state index in [1.807, 2.05) is 0 Å². The Balaban J connectivity index is 1.69. The van der Waals surface area contributed by atoms with E-state index < -0.39 is 10.8 Å². The fourth-order valence-electron chi connectivity index (χ4n) is 2.36. The van der Waals surface area contributed by atoms with Crippen LogP contribution in [0.1, 0.15) is 16.1 Å². The number of ether oxygens (including phenoxy) is 1. The number of carbonyl (C=O) groups excluding carboxylic acids is 1. The molecule has 0 aliphatic heterocycles. The molecule has 0 spiro atoms. The van der Waals surface area contributed by atoms with Crippen molar-refractivity contribution in [3.05, 3.63) is 69.9 Å². The van der Waals surface area contributed by atoms with E-state index in [0.29, 0.717) is 16.8 Å². The highest BCUT2D eigenvalue weighted by Crippen LogP contribution is 2.25. The molecule has 1 heterocycles. The second kappa shape index (κ2) is 7.99. The van der Waals surface area contributed by atoms with Crippen LogP contribution in [0.3, 0.4) is 0 Å². The highest BCUT2D eigenvalue weighted by Gasteiger charge is 2.13. The van der Waals surface area contributed by atoms with Gasteiger partial charge < -0.3 is 9.84 Å². The van der Waals surface area contributed by atoms with E-state index in [4.69, 9.17) is 4.74 Å². The summed E-state index contributed by atoms with van der Waals surface area (Å²) in [6, 6.07) is 12.0. The number of aromatic nitrogens is 2. The van der Waals surface area contributed by atoms with Gasteiger partial charge in [0.1, 0.15) is 5.69 Å². The number of phenols is 1. The van der Waals surface area contributed by atoms with E-state index in [2.05, 4.69) is 20.7 Å². The number of aromatic amines is 1. The molecule has 0 saturated heterocycles. The summed E-state index contributed by atoms with van der Waals surface area (Å²) >= 11 is 0. The summed E-state index contributed by atoms with van der Waals surface area (Å²) in [5, 5.41) is 30.8. The van der Waals surface area contributed by atoms with Gasteiger partial charge in [-0.1, -0.05) is 12.1 Å². The summed E-state index contributed by atoms with van der Waals surface area (Å²) in [6.07, 6.45) is 1.39. The number of nitrogens with one attached hydrogen (secondary N) is 2. The molecule has 10 nitrogen and oxygen atoms in total. The van der Waals surface area contributed by atoms with Crippen LogP contribution in [0.4, 0.5) is 5.69 Å². The maximum Gasteiger partial charge on any atom is 0.289 e. The van der Waals surface area contributed by atoms with Crippen molar-refractivity contribution in [1.29, 1.82) is 0 Å². The minimum Gasteiger partial charge on any atom is -0.504 e. The van der Waals surface area contributed by atoms with Crippen molar-refractivity contribution in [3.8, 4) is 22.8 Å². The number of nitrogens with zero attached hydrogens (tertiary/aromatic N) is 3. The third-order valence-electron chi connectivity index (χ3n) is 3.76. The molecule has 0 fully saturated rings. The minimum atomic E-state index is -0.536. The van der Waals surface area contributed by atoms with Crippen molar-refractivity contribution >= 4 is 17.8 Å². The monoisotopic (exact) mass is 381 g/mol. The standard InChI is InChI=1S/C18H15N5O5/c1-28-17-7-11(5-6-16(17)24)10-19-22-18(25)15-9-14(20-21-15)12-3-2-4-13(8-12)23(26)27/h2-10,24H,1H3,(H,20,21)(H,22,25)/b19-10-. The van der Waals surface area contributed by atoms with Gasteiger partial charge >= 0.3 is 0 Å². The van der Waals surface area contributed by atoms with Crippen LogP contribution in [0.2, 0.25) is 0 Å². The van der Waals surface area contributed by atoms with Crippen molar-refractivity contribution < 1.29 is 19.6 Å². The zero-order chi connectivity index (χ0) is 20.1. The van der Waals surface area contributed by atoms with Crippen LogP contribution in [0, 0.1) is 10.1 Å². The van der Waals surface area contributed by atoms with Gasteiger partial charge in [-0.05, 0) is 29.8 Å². The molecule has 2 aromatic carbocycles. The molecule has 142 valence electrons.